The molecule has 2 aromatic carbocycles. The van der Waals surface area contributed by atoms with Crippen molar-refractivity contribution in [3.05, 3.63) is 20.7 Å². The van der Waals surface area contributed by atoms with Crippen LogP contribution in [0.2, 0.25) is 5.02 Å². The van der Waals surface area contributed by atoms with Crippen LogP contribution in [0, 0.1) is 3.57 Å². The van der Waals surface area contributed by atoms with Crippen LogP contribution >= 0.6 is 34.2 Å². The number of phenols is 1. The van der Waals surface area contributed by atoms with Gasteiger partial charge in [-0.3, -0.25) is 4.79 Å². The van der Waals surface area contributed by atoms with Crippen molar-refractivity contribution in [2.75, 3.05) is 14.2 Å². The Labute approximate surface area is 139 Å². The summed E-state index contributed by atoms with van der Waals surface area (Å²) in [6.45, 7) is 1.28. The smallest absolute Gasteiger partial charge is 0.308 e. The Bertz CT molecular complexity index is 729. The molecule has 21 heavy (non-hydrogen) atoms. The molecule has 0 aliphatic rings. The van der Waals surface area contributed by atoms with Gasteiger partial charge in [0.2, 0.25) is 11.5 Å². The summed E-state index contributed by atoms with van der Waals surface area (Å²) >= 11 is 8.13. The molecular formula is C14H12ClIO5. The first-order chi connectivity index (χ1) is 9.92. The number of aromatic hydroxyl groups is 1. The third kappa shape index (κ3) is 2.69. The lowest BCUT2D eigenvalue weighted by Gasteiger charge is -2.18. The topological polar surface area (TPSA) is 65.0 Å². The van der Waals surface area contributed by atoms with Gasteiger partial charge in [-0.25, -0.2) is 0 Å². The number of ether oxygens (including phenoxy) is 3. The van der Waals surface area contributed by atoms with E-state index in [4.69, 9.17) is 25.8 Å². The van der Waals surface area contributed by atoms with E-state index in [1.54, 1.807) is 12.1 Å². The highest BCUT2D eigenvalue weighted by atomic mass is 127. The summed E-state index contributed by atoms with van der Waals surface area (Å²) in [5, 5.41) is 11.8. The number of benzene rings is 2. The maximum Gasteiger partial charge on any atom is 0.308 e. The van der Waals surface area contributed by atoms with E-state index >= 15 is 0 Å². The van der Waals surface area contributed by atoms with Crippen LogP contribution in [0.3, 0.4) is 0 Å². The normalized spacial score (nSPS) is 10.5. The first-order valence-corrected chi connectivity index (χ1v) is 7.31. The number of phenolic OH excluding ortho intramolecular Hbond substituents is 1. The van der Waals surface area contributed by atoms with Crippen LogP contribution in [0.1, 0.15) is 6.92 Å². The molecule has 0 unspecified atom stereocenters. The first-order valence-electron chi connectivity index (χ1n) is 5.85. The molecule has 0 amide bonds. The summed E-state index contributed by atoms with van der Waals surface area (Å²) in [5.74, 6) is -0.216. The molecule has 112 valence electrons. The molecule has 0 saturated carbocycles. The zero-order valence-corrected chi connectivity index (χ0v) is 14.4. The van der Waals surface area contributed by atoms with E-state index in [2.05, 4.69) is 0 Å². The van der Waals surface area contributed by atoms with Crippen molar-refractivity contribution in [3.8, 4) is 23.0 Å². The Morgan fingerprint density at radius 1 is 1.19 bits per heavy atom. The number of carbonyl (C=O) groups excluding carboxylic acids is 1. The zero-order valence-electron chi connectivity index (χ0n) is 11.5. The molecule has 7 heteroatoms. The van der Waals surface area contributed by atoms with Gasteiger partial charge in [0, 0.05) is 21.3 Å². The number of esters is 1. The molecule has 0 spiro atoms. The van der Waals surface area contributed by atoms with Gasteiger partial charge >= 0.3 is 5.97 Å². The van der Waals surface area contributed by atoms with Crippen molar-refractivity contribution in [3.63, 3.8) is 0 Å². The van der Waals surface area contributed by atoms with Crippen LogP contribution in [0.25, 0.3) is 10.8 Å². The van der Waals surface area contributed by atoms with E-state index in [1.165, 1.54) is 21.1 Å². The summed E-state index contributed by atoms with van der Waals surface area (Å²) in [7, 11) is 2.79. The van der Waals surface area contributed by atoms with Crippen molar-refractivity contribution < 1.29 is 24.1 Å². The van der Waals surface area contributed by atoms with Gasteiger partial charge < -0.3 is 19.3 Å². The molecule has 1 N–H and O–H groups in total. The lowest BCUT2D eigenvalue weighted by Crippen LogP contribution is -2.05. The average molecular weight is 423 g/mol. The fourth-order valence-electron chi connectivity index (χ4n) is 2.03. The van der Waals surface area contributed by atoms with Crippen molar-refractivity contribution in [2.24, 2.45) is 0 Å². The second-order valence-electron chi connectivity index (χ2n) is 4.12. The minimum absolute atomic E-state index is 0.0966. The molecule has 2 rings (SSSR count). The highest BCUT2D eigenvalue weighted by Gasteiger charge is 2.25. The van der Waals surface area contributed by atoms with Crippen molar-refractivity contribution in [2.45, 2.75) is 6.92 Å². The minimum Gasteiger partial charge on any atom is -0.504 e. The summed E-state index contributed by atoms with van der Waals surface area (Å²) < 4.78 is 16.3. The number of carbonyl (C=O) groups is 1. The van der Waals surface area contributed by atoms with E-state index in [-0.39, 0.29) is 23.0 Å². The molecule has 0 bridgehead atoms. The quantitative estimate of drug-likeness (QED) is 0.464. The molecular weight excluding hydrogens is 411 g/mol. The van der Waals surface area contributed by atoms with Crippen molar-refractivity contribution in [1.82, 2.24) is 0 Å². The highest BCUT2D eigenvalue weighted by molar-refractivity contribution is 14.1. The summed E-state index contributed by atoms with van der Waals surface area (Å²) in [6, 6.07) is 3.28. The average Bonchev–Trinajstić information content (AvgIpc) is 2.44. The van der Waals surface area contributed by atoms with Gasteiger partial charge in [0.15, 0.2) is 11.5 Å². The highest BCUT2D eigenvalue weighted by Crippen LogP contribution is 2.52. The van der Waals surface area contributed by atoms with Gasteiger partial charge in [-0.2, -0.15) is 0 Å². The number of methoxy groups -OCH3 is 2. The van der Waals surface area contributed by atoms with Gasteiger partial charge in [-0.05, 0) is 34.7 Å². The molecule has 0 aromatic heterocycles. The predicted molar refractivity (Wildman–Crippen MR) is 87.8 cm³/mol. The van der Waals surface area contributed by atoms with E-state index in [9.17, 15) is 9.90 Å². The Morgan fingerprint density at radius 3 is 2.33 bits per heavy atom. The number of hydrogen-bond donors (Lipinski definition) is 1. The molecule has 0 radical (unpaired) electrons. The second-order valence-corrected chi connectivity index (χ2v) is 5.61. The molecule has 0 heterocycles. The Balaban J connectivity index is 3.01. The molecule has 0 aliphatic heterocycles. The van der Waals surface area contributed by atoms with E-state index in [1.807, 2.05) is 22.6 Å². The second kappa shape index (κ2) is 6.15. The van der Waals surface area contributed by atoms with Crippen molar-refractivity contribution in [1.29, 1.82) is 0 Å². The van der Waals surface area contributed by atoms with Crippen molar-refractivity contribution >= 4 is 50.9 Å². The lowest BCUT2D eigenvalue weighted by atomic mass is 10.1. The molecule has 0 atom stereocenters. The number of fused-ring (bicyclic) bond motifs is 1. The summed E-state index contributed by atoms with van der Waals surface area (Å²) in [4.78, 5) is 11.4. The predicted octanol–water partition coefficient (Wildman–Crippen LogP) is 3.75. The monoisotopic (exact) mass is 422 g/mol. The molecule has 0 fully saturated rings. The standard InChI is InChI=1S/C14H12ClIO5/c1-6(17)21-12-9-7(4-5-8(15)10(9)16)11(18)13(19-2)14(12)20-3/h4-5,18H,1-3H3. The Kier molecular flexibility index (Phi) is 4.67. The fraction of sp³-hybridized carbons (Fsp3) is 0.214. The maximum absolute atomic E-state index is 11.4. The van der Waals surface area contributed by atoms with E-state index in [0.717, 1.165) is 0 Å². The van der Waals surface area contributed by atoms with Gasteiger partial charge in [-0.15, -0.1) is 0 Å². The largest absolute Gasteiger partial charge is 0.504 e. The number of halogens is 2. The van der Waals surface area contributed by atoms with Crippen LogP contribution in [0.4, 0.5) is 0 Å². The summed E-state index contributed by atoms with van der Waals surface area (Å²) in [5.41, 5.74) is 0. The van der Waals surface area contributed by atoms with Crippen LogP contribution in [0.5, 0.6) is 23.0 Å². The lowest BCUT2D eigenvalue weighted by molar-refractivity contribution is -0.131. The van der Waals surface area contributed by atoms with Crippen LogP contribution in [-0.2, 0) is 4.79 Å². The molecule has 2 aromatic rings. The minimum atomic E-state index is -0.516. The first kappa shape index (κ1) is 16.0. The Hall–Kier alpha value is -1.41. The van der Waals surface area contributed by atoms with Crippen LogP contribution < -0.4 is 14.2 Å². The van der Waals surface area contributed by atoms with Gasteiger partial charge in [0.05, 0.1) is 19.2 Å². The fourth-order valence-corrected chi connectivity index (χ4v) is 2.91. The number of hydrogen-bond acceptors (Lipinski definition) is 5. The molecule has 0 saturated heterocycles. The third-order valence-electron chi connectivity index (χ3n) is 2.86. The zero-order chi connectivity index (χ0) is 15.7. The van der Waals surface area contributed by atoms with Crippen LogP contribution in [0.15, 0.2) is 12.1 Å². The van der Waals surface area contributed by atoms with Gasteiger partial charge in [0.1, 0.15) is 0 Å². The SMILES string of the molecule is COc1c(OC)c(OC(C)=O)c2c(I)c(Cl)ccc2c1O. The maximum atomic E-state index is 11.4. The van der Waals surface area contributed by atoms with Gasteiger partial charge in [-0.1, -0.05) is 11.6 Å². The third-order valence-corrected chi connectivity index (χ3v) is 4.61. The van der Waals surface area contributed by atoms with E-state index in [0.29, 0.717) is 19.4 Å². The Morgan fingerprint density at radius 2 is 1.81 bits per heavy atom. The number of rotatable bonds is 3. The van der Waals surface area contributed by atoms with Crippen LogP contribution in [-0.4, -0.2) is 25.3 Å². The molecule has 5 nitrogen and oxygen atoms in total. The van der Waals surface area contributed by atoms with E-state index < -0.39 is 5.97 Å². The summed E-state index contributed by atoms with van der Waals surface area (Å²) in [6.07, 6.45) is 0. The van der Waals surface area contributed by atoms with Gasteiger partial charge in [0.25, 0.3) is 0 Å². The molecule has 0 aliphatic carbocycles.